The Morgan fingerprint density at radius 1 is 1.00 bits per heavy atom. The topological polar surface area (TPSA) is 101 Å². The van der Waals surface area contributed by atoms with Gasteiger partial charge in [0.05, 0.1) is 0 Å². The van der Waals surface area contributed by atoms with Crippen LogP contribution in [-0.2, 0) is 9.59 Å². The van der Waals surface area contributed by atoms with Crippen LogP contribution in [0.5, 0.6) is 0 Å². The molecule has 0 saturated heterocycles. The molecule has 2 unspecified atom stereocenters. The van der Waals surface area contributed by atoms with Gasteiger partial charge >= 0.3 is 11.9 Å². The van der Waals surface area contributed by atoms with Gasteiger partial charge in [0.25, 0.3) is 0 Å². The van der Waals surface area contributed by atoms with E-state index in [-0.39, 0.29) is 6.04 Å². The molecule has 0 aromatic heterocycles. The van der Waals surface area contributed by atoms with Gasteiger partial charge in [-0.3, -0.25) is 0 Å². The zero-order chi connectivity index (χ0) is 18.1. The molecule has 6 heteroatoms. The summed E-state index contributed by atoms with van der Waals surface area (Å²) in [7, 11) is 0. The van der Waals surface area contributed by atoms with Crippen molar-refractivity contribution in [1.29, 1.82) is 0 Å². The van der Waals surface area contributed by atoms with Crippen molar-refractivity contribution in [2.75, 3.05) is 0 Å². The zero-order valence-corrected chi connectivity index (χ0v) is 14.8. The van der Waals surface area contributed by atoms with Gasteiger partial charge in [-0.1, -0.05) is 58.4 Å². The Morgan fingerprint density at radius 2 is 1.54 bits per heavy atom. The van der Waals surface area contributed by atoms with E-state index >= 15 is 0 Å². The van der Waals surface area contributed by atoms with Crippen molar-refractivity contribution < 1.29 is 19.8 Å². The van der Waals surface area contributed by atoms with Gasteiger partial charge in [-0.05, 0) is 36.6 Å². The molecule has 5 nitrogen and oxygen atoms in total. The third-order valence-electron chi connectivity index (χ3n) is 3.24. The summed E-state index contributed by atoms with van der Waals surface area (Å²) in [4.78, 5) is 18.2. The third kappa shape index (κ3) is 6.93. The molecule has 0 aliphatic carbocycles. The Bertz CT molecular complexity index is 662. The highest BCUT2D eigenvalue weighted by Gasteiger charge is 2.15. The molecule has 24 heavy (non-hydrogen) atoms. The van der Waals surface area contributed by atoms with Crippen molar-refractivity contribution >= 4 is 27.9 Å². The number of carboxylic acid groups (broad SMARTS) is 2. The minimum absolute atomic E-state index is 0.189. The summed E-state index contributed by atoms with van der Waals surface area (Å²) in [5, 5.41) is 14.8. The summed E-state index contributed by atoms with van der Waals surface area (Å²) in [5.41, 5.74) is 8.63. The van der Waals surface area contributed by atoms with Crippen molar-refractivity contribution in [3.8, 4) is 0 Å². The lowest BCUT2D eigenvalue weighted by molar-refractivity contribution is -0.159. The Morgan fingerprint density at radius 3 is 2.00 bits per heavy atom. The molecule has 2 rings (SSSR count). The van der Waals surface area contributed by atoms with Gasteiger partial charge in [-0.15, -0.1) is 0 Å². The summed E-state index contributed by atoms with van der Waals surface area (Å²) in [6.07, 6.45) is 0.959. The quantitative estimate of drug-likeness (QED) is 0.690. The molecule has 2 atom stereocenters. The molecule has 0 aliphatic heterocycles. The number of nitrogens with two attached hydrogens (primary N) is 1. The van der Waals surface area contributed by atoms with Gasteiger partial charge in [0, 0.05) is 16.4 Å². The second kappa shape index (κ2) is 9.85. The monoisotopic (exact) mass is 393 g/mol. The normalized spacial score (nSPS) is 12.5. The highest BCUT2D eigenvalue weighted by atomic mass is 79.9. The van der Waals surface area contributed by atoms with E-state index in [1.54, 1.807) is 0 Å². The smallest absolute Gasteiger partial charge is 0.414 e. The van der Waals surface area contributed by atoms with E-state index in [1.165, 1.54) is 11.1 Å². The first-order valence-corrected chi connectivity index (χ1v) is 8.12. The molecule has 0 saturated carbocycles. The van der Waals surface area contributed by atoms with E-state index in [1.807, 2.05) is 6.07 Å². The Hall–Kier alpha value is -2.18. The molecule has 0 fully saturated rings. The van der Waals surface area contributed by atoms with E-state index in [4.69, 9.17) is 25.5 Å². The van der Waals surface area contributed by atoms with Gasteiger partial charge in [-0.2, -0.15) is 0 Å². The first-order chi connectivity index (χ1) is 11.3. The van der Waals surface area contributed by atoms with Crippen molar-refractivity contribution in [3.63, 3.8) is 0 Å². The fraction of sp³-hybridized carbons (Fsp3) is 0.222. The summed E-state index contributed by atoms with van der Waals surface area (Å²) < 4.78 is 1.12. The average molecular weight is 394 g/mol. The molecule has 128 valence electrons. The van der Waals surface area contributed by atoms with Gasteiger partial charge in [0.2, 0.25) is 0 Å². The lowest BCUT2D eigenvalue weighted by Crippen LogP contribution is -2.19. The largest absolute Gasteiger partial charge is 0.473 e. The van der Waals surface area contributed by atoms with Crippen molar-refractivity contribution in [3.05, 3.63) is 70.2 Å². The molecule has 0 bridgehead atoms. The Kier molecular flexibility index (Phi) is 8.15. The SMILES string of the molecule is CC(N)CC(c1ccccc1)c1cccc(Br)c1.O=C(O)C(=O)O. The number of halogens is 1. The number of hydrogen-bond acceptors (Lipinski definition) is 3. The molecule has 0 heterocycles. The van der Waals surface area contributed by atoms with Crippen LogP contribution in [0.2, 0.25) is 0 Å². The maximum absolute atomic E-state index is 9.10. The van der Waals surface area contributed by atoms with Crippen molar-refractivity contribution in [2.24, 2.45) is 5.73 Å². The van der Waals surface area contributed by atoms with Gasteiger partial charge < -0.3 is 15.9 Å². The molecule has 2 aromatic carbocycles. The van der Waals surface area contributed by atoms with Gasteiger partial charge in [0.15, 0.2) is 0 Å². The first-order valence-electron chi connectivity index (χ1n) is 7.33. The first kappa shape index (κ1) is 19.9. The van der Waals surface area contributed by atoms with Crippen molar-refractivity contribution in [2.45, 2.75) is 25.3 Å². The highest BCUT2D eigenvalue weighted by molar-refractivity contribution is 9.10. The van der Waals surface area contributed by atoms with Crippen LogP contribution in [0.1, 0.15) is 30.4 Å². The predicted octanol–water partition coefficient (Wildman–Crippen LogP) is 3.47. The fourth-order valence-corrected chi connectivity index (χ4v) is 2.66. The number of rotatable bonds is 4. The minimum atomic E-state index is -1.82. The van der Waals surface area contributed by atoms with Crippen LogP contribution in [0, 0.1) is 0 Å². The molecule has 0 amide bonds. The number of aliphatic carboxylic acids is 2. The number of benzene rings is 2. The lowest BCUT2D eigenvalue weighted by Gasteiger charge is -2.20. The maximum atomic E-state index is 9.10. The summed E-state index contributed by atoms with van der Waals surface area (Å²) in [6, 6.07) is 19.2. The summed E-state index contributed by atoms with van der Waals surface area (Å²) in [6.45, 7) is 2.06. The van der Waals surface area contributed by atoms with E-state index in [2.05, 4.69) is 71.4 Å². The Balaban J connectivity index is 0.000000413. The maximum Gasteiger partial charge on any atom is 0.414 e. The molecular weight excluding hydrogens is 374 g/mol. The van der Waals surface area contributed by atoms with Crippen LogP contribution in [0.4, 0.5) is 0 Å². The molecular formula is C18H20BrNO4. The summed E-state index contributed by atoms with van der Waals surface area (Å²) >= 11 is 3.54. The second-order valence-electron chi connectivity index (χ2n) is 5.34. The van der Waals surface area contributed by atoms with Crippen LogP contribution in [0.25, 0.3) is 0 Å². The zero-order valence-electron chi connectivity index (χ0n) is 13.2. The van der Waals surface area contributed by atoms with E-state index in [0.29, 0.717) is 5.92 Å². The Labute approximate surface area is 149 Å². The fourth-order valence-electron chi connectivity index (χ4n) is 2.25. The summed E-state index contributed by atoms with van der Waals surface area (Å²) in [5.74, 6) is -3.28. The van der Waals surface area contributed by atoms with Gasteiger partial charge in [-0.25, -0.2) is 9.59 Å². The second-order valence-corrected chi connectivity index (χ2v) is 6.26. The van der Waals surface area contributed by atoms with Gasteiger partial charge in [0.1, 0.15) is 0 Å². The molecule has 2 aromatic rings. The van der Waals surface area contributed by atoms with E-state index < -0.39 is 11.9 Å². The van der Waals surface area contributed by atoms with E-state index in [9.17, 15) is 0 Å². The minimum Gasteiger partial charge on any atom is -0.473 e. The number of carboxylic acids is 2. The highest BCUT2D eigenvalue weighted by Crippen LogP contribution is 2.30. The molecule has 0 spiro atoms. The predicted molar refractivity (Wildman–Crippen MR) is 96.0 cm³/mol. The van der Waals surface area contributed by atoms with Crippen molar-refractivity contribution in [1.82, 2.24) is 0 Å². The van der Waals surface area contributed by atoms with Crippen LogP contribution in [0.15, 0.2) is 59.1 Å². The molecule has 0 radical (unpaired) electrons. The molecule has 4 N–H and O–H groups in total. The van der Waals surface area contributed by atoms with Crippen LogP contribution >= 0.6 is 15.9 Å². The number of carbonyl (C=O) groups is 2. The molecule has 0 aliphatic rings. The van der Waals surface area contributed by atoms with E-state index in [0.717, 1.165) is 10.9 Å². The standard InChI is InChI=1S/C16H18BrN.C2H2O4/c1-12(18)10-16(13-6-3-2-4-7-13)14-8-5-9-15(17)11-14;3-1(4)2(5)6/h2-9,11-12,16H,10,18H2,1H3;(H,3,4)(H,5,6). The van der Waals surface area contributed by atoms with Crippen LogP contribution in [0.3, 0.4) is 0 Å². The average Bonchev–Trinajstić information content (AvgIpc) is 2.54. The van der Waals surface area contributed by atoms with Crippen LogP contribution < -0.4 is 5.73 Å². The third-order valence-corrected chi connectivity index (χ3v) is 3.74. The number of hydrogen-bond donors (Lipinski definition) is 3. The lowest BCUT2D eigenvalue weighted by atomic mass is 9.86. The van der Waals surface area contributed by atoms with Crippen LogP contribution in [-0.4, -0.2) is 28.2 Å².